The van der Waals surface area contributed by atoms with Crippen molar-refractivity contribution in [3.8, 4) is 0 Å². The number of piperidine rings is 1. The fourth-order valence-electron chi connectivity index (χ4n) is 3.69. The minimum atomic E-state index is 0.346. The predicted molar refractivity (Wildman–Crippen MR) is 71.1 cm³/mol. The van der Waals surface area contributed by atoms with Crippen LogP contribution in [0.25, 0.3) is 0 Å². The number of likely N-dealkylation sites (tertiary alicyclic amines) is 1. The maximum atomic E-state index is 10.9. The number of hydrogen-bond acceptors (Lipinski definition) is 2. The monoisotopic (exact) mass is 237 g/mol. The molecule has 0 amide bonds. The van der Waals surface area contributed by atoms with Crippen molar-refractivity contribution in [3.05, 3.63) is 0 Å². The maximum Gasteiger partial charge on any atom is 0.129 e. The van der Waals surface area contributed by atoms with Gasteiger partial charge in [-0.05, 0) is 64.5 Å². The van der Waals surface area contributed by atoms with Crippen LogP contribution in [-0.4, -0.2) is 29.8 Å². The van der Waals surface area contributed by atoms with E-state index in [0.29, 0.717) is 5.78 Å². The Labute approximate surface area is 106 Å². The molecule has 1 heterocycles. The highest BCUT2D eigenvalue weighted by Crippen LogP contribution is 2.35. The van der Waals surface area contributed by atoms with Crippen molar-refractivity contribution in [2.45, 2.75) is 70.8 Å². The Hall–Kier alpha value is -0.370. The zero-order chi connectivity index (χ0) is 12.1. The number of unbranched alkanes of at least 4 members (excludes halogenated alkanes) is 1. The van der Waals surface area contributed by atoms with E-state index < -0.39 is 0 Å². The standard InChI is InChI=1S/C15H27NO/c1-13(17)7-4-5-11-16-12-6-9-14-8-2-3-10-15(14)16/h14-15H,2-12H2,1H3. The van der Waals surface area contributed by atoms with Gasteiger partial charge in [0, 0.05) is 12.5 Å². The minimum absolute atomic E-state index is 0.346. The number of carbonyl (C=O) groups excluding carboxylic acids is 1. The summed E-state index contributed by atoms with van der Waals surface area (Å²) in [6, 6.07) is 0.884. The van der Waals surface area contributed by atoms with Crippen molar-refractivity contribution in [2.24, 2.45) is 5.92 Å². The summed E-state index contributed by atoms with van der Waals surface area (Å²) in [7, 11) is 0. The van der Waals surface area contributed by atoms with E-state index in [0.717, 1.165) is 24.8 Å². The molecule has 2 nitrogen and oxygen atoms in total. The minimum Gasteiger partial charge on any atom is -0.300 e. The number of nitrogens with zero attached hydrogens (tertiary/aromatic N) is 1. The van der Waals surface area contributed by atoms with Crippen molar-refractivity contribution in [1.82, 2.24) is 4.90 Å². The molecule has 0 aromatic heterocycles. The summed E-state index contributed by atoms with van der Waals surface area (Å²) in [5.41, 5.74) is 0. The molecule has 1 saturated heterocycles. The summed E-state index contributed by atoms with van der Waals surface area (Å²) < 4.78 is 0. The molecule has 1 aliphatic carbocycles. The van der Waals surface area contributed by atoms with Gasteiger partial charge in [-0.2, -0.15) is 0 Å². The van der Waals surface area contributed by atoms with Crippen LogP contribution < -0.4 is 0 Å². The molecule has 2 unspecified atom stereocenters. The lowest BCUT2D eigenvalue weighted by molar-refractivity contribution is -0.117. The van der Waals surface area contributed by atoms with Crippen LogP contribution in [0.2, 0.25) is 0 Å². The van der Waals surface area contributed by atoms with Crippen molar-refractivity contribution in [2.75, 3.05) is 13.1 Å². The first-order valence-corrected chi connectivity index (χ1v) is 7.51. The highest BCUT2D eigenvalue weighted by atomic mass is 16.1. The quantitative estimate of drug-likeness (QED) is 0.683. The molecule has 2 rings (SSSR count). The van der Waals surface area contributed by atoms with Crippen LogP contribution in [0.3, 0.4) is 0 Å². The van der Waals surface area contributed by atoms with E-state index in [1.54, 1.807) is 6.92 Å². The number of fused-ring (bicyclic) bond motifs is 1. The molecule has 0 spiro atoms. The molecule has 2 fully saturated rings. The summed E-state index contributed by atoms with van der Waals surface area (Å²) in [6.45, 7) is 4.24. The summed E-state index contributed by atoms with van der Waals surface area (Å²) in [5, 5.41) is 0. The van der Waals surface area contributed by atoms with E-state index in [1.165, 1.54) is 58.0 Å². The molecule has 0 radical (unpaired) electrons. The number of ketones is 1. The zero-order valence-electron chi connectivity index (χ0n) is 11.3. The zero-order valence-corrected chi connectivity index (χ0v) is 11.3. The fraction of sp³-hybridized carbons (Fsp3) is 0.933. The highest BCUT2D eigenvalue weighted by Gasteiger charge is 2.32. The largest absolute Gasteiger partial charge is 0.300 e. The Balaban J connectivity index is 1.73. The second kappa shape index (κ2) is 6.53. The lowest BCUT2D eigenvalue weighted by atomic mass is 9.78. The average molecular weight is 237 g/mol. The Morgan fingerprint density at radius 2 is 1.88 bits per heavy atom. The molecule has 2 atom stereocenters. The van der Waals surface area contributed by atoms with E-state index in [2.05, 4.69) is 4.90 Å². The van der Waals surface area contributed by atoms with Gasteiger partial charge >= 0.3 is 0 Å². The molecule has 98 valence electrons. The molecule has 2 heteroatoms. The molecule has 0 aromatic rings. The number of rotatable bonds is 5. The second-order valence-corrected chi connectivity index (χ2v) is 5.95. The predicted octanol–water partition coefficient (Wildman–Crippen LogP) is 3.40. The maximum absolute atomic E-state index is 10.9. The van der Waals surface area contributed by atoms with Gasteiger partial charge in [-0.15, -0.1) is 0 Å². The SMILES string of the molecule is CC(=O)CCCCN1CCCC2CCCCC21. The smallest absolute Gasteiger partial charge is 0.129 e. The molecule has 1 saturated carbocycles. The molecular formula is C15H27NO. The number of Topliss-reactive ketones (excluding diaryl/α,β-unsaturated/α-hetero) is 1. The summed E-state index contributed by atoms with van der Waals surface area (Å²) >= 11 is 0. The molecular weight excluding hydrogens is 210 g/mol. The second-order valence-electron chi connectivity index (χ2n) is 5.95. The van der Waals surface area contributed by atoms with Gasteiger partial charge in [-0.1, -0.05) is 12.8 Å². The van der Waals surface area contributed by atoms with Gasteiger partial charge in [-0.3, -0.25) is 0 Å². The van der Waals surface area contributed by atoms with Crippen LogP contribution in [0, 0.1) is 5.92 Å². The third-order valence-corrected chi connectivity index (χ3v) is 4.58. The van der Waals surface area contributed by atoms with E-state index in [-0.39, 0.29) is 0 Å². The van der Waals surface area contributed by atoms with Crippen LogP contribution in [0.4, 0.5) is 0 Å². The lowest BCUT2D eigenvalue weighted by Gasteiger charge is -2.44. The normalized spacial score (nSPS) is 29.9. The first-order valence-electron chi connectivity index (χ1n) is 7.51. The summed E-state index contributed by atoms with van der Waals surface area (Å²) in [4.78, 5) is 13.6. The molecule has 1 aliphatic heterocycles. The summed E-state index contributed by atoms with van der Waals surface area (Å²) in [5.74, 6) is 1.34. The van der Waals surface area contributed by atoms with Crippen LogP contribution in [-0.2, 0) is 4.79 Å². The molecule has 0 N–H and O–H groups in total. The van der Waals surface area contributed by atoms with Crippen molar-refractivity contribution < 1.29 is 4.79 Å². The van der Waals surface area contributed by atoms with Crippen LogP contribution >= 0.6 is 0 Å². The lowest BCUT2D eigenvalue weighted by Crippen LogP contribution is -2.47. The fourth-order valence-corrected chi connectivity index (χ4v) is 3.69. The Morgan fingerprint density at radius 3 is 2.71 bits per heavy atom. The number of hydrogen-bond donors (Lipinski definition) is 0. The molecule has 0 aromatic carbocycles. The van der Waals surface area contributed by atoms with E-state index in [1.807, 2.05) is 0 Å². The Bertz CT molecular complexity index is 249. The van der Waals surface area contributed by atoms with Gasteiger partial charge < -0.3 is 9.69 Å². The highest BCUT2D eigenvalue weighted by molar-refractivity contribution is 5.75. The average Bonchev–Trinajstić information content (AvgIpc) is 2.34. The van der Waals surface area contributed by atoms with Gasteiger partial charge in [0.25, 0.3) is 0 Å². The summed E-state index contributed by atoms with van der Waals surface area (Å²) in [6.07, 6.45) is 11.7. The van der Waals surface area contributed by atoms with Gasteiger partial charge in [-0.25, -0.2) is 0 Å². The topological polar surface area (TPSA) is 20.3 Å². The van der Waals surface area contributed by atoms with Gasteiger partial charge in [0.1, 0.15) is 5.78 Å². The van der Waals surface area contributed by atoms with Gasteiger partial charge in [0.15, 0.2) is 0 Å². The van der Waals surface area contributed by atoms with E-state index >= 15 is 0 Å². The van der Waals surface area contributed by atoms with Crippen LogP contribution in [0.5, 0.6) is 0 Å². The van der Waals surface area contributed by atoms with Crippen LogP contribution in [0.1, 0.15) is 64.7 Å². The molecule has 2 aliphatic rings. The Kier molecular flexibility index (Phi) is 5.02. The first-order chi connectivity index (χ1) is 8.27. The molecule has 17 heavy (non-hydrogen) atoms. The van der Waals surface area contributed by atoms with Gasteiger partial charge in [0.05, 0.1) is 0 Å². The van der Waals surface area contributed by atoms with Crippen LogP contribution in [0.15, 0.2) is 0 Å². The van der Waals surface area contributed by atoms with Crippen molar-refractivity contribution >= 4 is 5.78 Å². The van der Waals surface area contributed by atoms with E-state index in [4.69, 9.17) is 0 Å². The Morgan fingerprint density at radius 1 is 1.12 bits per heavy atom. The first kappa shape index (κ1) is 13.1. The molecule has 0 bridgehead atoms. The third kappa shape index (κ3) is 3.80. The van der Waals surface area contributed by atoms with Crippen molar-refractivity contribution in [3.63, 3.8) is 0 Å². The number of carbonyl (C=O) groups is 1. The van der Waals surface area contributed by atoms with Gasteiger partial charge in [0.2, 0.25) is 0 Å². The third-order valence-electron chi connectivity index (χ3n) is 4.58. The van der Waals surface area contributed by atoms with Crippen molar-refractivity contribution in [1.29, 1.82) is 0 Å². The van der Waals surface area contributed by atoms with E-state index in [9.17, 15) is 4.79 Å².